The van der Waals surface area contributed by atoms with Crippen LogP contribution in [0.2, 0.25) is 0 Å². The number of aliphatic hydroxyl groups is 1. The number of nitrogens with one attached hydrogen (secondary N) is 1. The average Bonchev–Trinajstić information content (AvgIpc) is 2.45. The van der Waals surface area contributed by atoms with Crippen LogP contribution in [-0.4, -0.2) is 67.3 Å². The highest BCUT2D eigenvalue weighted by molar-refractivity contribution is 5.74. The Balaban J connectivity index is 2.53. The van der Waals surface area contributed by atoms with Crippen molar-refractivity contribution in [1.82, 2.24) is 15.1 Å². The number of rotatable bonds is 7. The van der Waals surface area contributed by atoms with Gasteiger partial charge >= 0.3 is 6.03 Å². The lowest BCUT2D eigenvalue weighted by molar-refractivity contribution is 0.0512. The minimum atomic E-state index is 0.0255. The molecule has 0 aliphatic carbocycles. The molecule has 2 N–H and O–H groups in total. The summed E-state index contributed by atoms with van der Waals surface area (Å²) in [6, 6.07) is 0.244. The van der Waals surface area contributed by atoms with Gasteiger partial charge in [0, 0.05) is 32.3 Å². The highest BCUT2D eigenvalue weighted by atomic mass is 16.3. The number of amides is 2. The molecule has 0 bridgehead atoms. The summed E-state index contributed by atoms with van der Waals surface area (Å²) in [5.74, 6) is 0.564. The van der Waals surface area contributed by atoms with E-state index in [9.17, 15) is 9.90 Å². The van der Waals surface area contributed by atoms with Crippen LogP contribution in [0.1, 0.15) is 46.5 Å². The number of hydrogen-bond donors (Lipinski definition) is 2. The van der Waals surface area contributed by atoms with Gasteiger partial charge in [0.1, 0.15) is 0 Å². The van der Waals surface area contributed by atoms with E-state index in [0.29, 0.717) is 5.92 Å². The van der Waals surface area contributed by atoms with Gasteiger partial charge in [-0.3, -0.25) is 0 Å². The Kier molecular flexibility index (Phi) is 7.63. The minimum absolute atomic E-state index is 0.0255. The van der Waals surface area contributed by atoms with Crippen LogP contribution in [0, 0.1) is 11.3 Å². The smallest absolute Gasteiger partial charge is 0.317 e. The molecule has 2 amide bonds. The number of aliphatic hydroxyl groups excluding tert-OH is 1. The number of carbonyl (C=O) groups excluding carboxylic acids is 1. The highest BCUT2D eigenvalue weighted by Crippen LogP contribution is 2.34. The van der Waals surface area contributed by atoms with Crippen molar-refractivity contribution in [3.63, 3.8) is 0 Å². The number of likely N-dealkylation sites (tertiary alicyclic amines) is 1. The molecule has 0 aromatic heterocycles. The van der Waals surface area contributed by atoms with Crippen molar-refractivity contribution in [3.05, 3.63) is 0 Å². The van der Waals surface area contributed by atoms with Crippen molar-refractivity contribution in [2.75, 3.05) is 40.3 Å². The number of urea groups is 1. The monoisotopic (exact) mass is 313 g/mol. The molecule has 0 aromatic rings. The van der Waals surface area contributed by atoms with Crippen molar-refractivity contribution in [2.24, 2.45) is 11.3 Å². The number of likely N-dealkylation sites (N-methyl/N-ethyl adjacent to an activating group) is 1. The lowest BCUT2D eigenvalue weighted by atomic mass is 9.77. The molecule has 0 spiro atoms. The molecule has 5 heteroatoms. The maximum absolute atomic E-state index is 12.5. The standard InChI is InChI=1S/C17H35N3O2/c1-6-17(13-21)7-9-20(10-8-17)16(22)18-15(11-14(2)3)12-19(4)5/h14-15,21H,6-13H2,1-5H3,(H,18,22). The Labute approximate surface area is 136 Å². The average molecular weight is 313 g/mol. The summed E-state index contributed by atoms with van der Waals surface area (Å²) in [6.07, 6.45) is 3.77. The van der Waals surface area contributed by atoms with Crippen molar-refractivity contribution in [1.29, 1.82) is 0 Å². The van der Waals surface area contributed by atoms with E-state index in [0.717, 1.165) is 45.3 Å². The third-order valence-corrected chi connectivity index (χ3v) is 4.87. The molecule has 0 saturated carbocycles. The van der Waals surface area contributed by atoms with Gasteiger partial charge in [0.05, 0.1) is 0 Å². The first-order valence-electron chi connectivity index (χ1n) is 8.63. The number of hydrogen-bond acceptors (Lipinski definition) is 3. The summed E-state index contributed by atoms with van der Waals surface area (Å²) in [4.78, 5) is 16.5. The van der Waals surface area contributed by atoms with Crippen molar-refractivity contribution >= 4 is 6.03 Å². The summed E-state index contributed by atoms with van der Waals surface area (Å²) in [5.41, 5.74) is 0.0255. The summed E-state index contributed by atoms with van der Waals surface area (Å²) >= 11 is 0. The van der Waals surface area contributed by atoms with Gasteiger partial charge in [-0.25, -0.2) is 4.79 Å². The zero-order chi connectivity index (χ0) is 16.8. The predicted octanol–water partition coefficient (Wildman–Crippen LogP) is 2.16. The van der Waals surface area contributed by atoms with Crippen molar-refractivity contribution in [2.45, 2.75) is 52.5 Å². The molecule has 22 heavy (non-hydrogen) atoms. The molecule has 130 valence electrons. The largest absolute Gasteiger partial charge is 0.396 e. The van der Waals surface area contributed by atoms with E-state index >= 15 is 0 Å². The van der Waals surface area contributed by atoms with Gasteiger partial charge in [0.15, 0.2) is 0 Å². The Morgan fingerprint density at radius 3 is 2.32 bits per heavy atom. The van der Waals surface area contributed by atoms with Gasteiger partial charge in [-0.2, -0.15) is 0 Å². The zero-order valence-electron chi connectivity index (χ0n) is 15.1. The van der Waals surface area contributed by atoms with E-state index < -0.39 is 0 Å². The molecule has 1 aliphatic rings. The van der Waals surface area contributed by atoms with Crippen LogP contribution in [0.15, 0.2) is 0 Å². The van der Waals surface area contributed by atoms with E-state index in [1.807, 2.05) is 19.0 Å². The topological polar surface area (TPSA) is 55.8 Å². The highest BCUT2D eigenvalue weighted by Gasteiger charge is 2.34. The summed E-state index contributed by atoms with van der Waals surface area (Å²) in [5, 5.41) is 12.8. The fraction of sp³-hybridized carbons (Fsp3) is 0.941. The van der Waals surface area contributed by atoms with Gasteiger partial charge in [0.2, 0.25) is 0 Å². The van der Waals surface area contributed by atoms with E-state index in [1.165, 1.54) is 0 Å². The molecule has 1 rings (SSSR count). The normalized spacial score (nSPS) is 19.5. The lowest BCUT2D eigenvalue weighted by Gasteiger charge is -2.40. The van der Waals surface area contributed by atoms with Gasteiger partial charge in [-0.15, -0.1) is 0 Å². The van der Waals surface area contributed by atoms with Crippen LogP contribution in [0.25, 0.3) is 0 Å². The second kappa shape index (κ2) is 8.73. The van der Waals surface area contributed by atoms with Gasteiger partial charge in [-0.1, -0.05) is 20.8 Å². The Bertz CT molecular complexity index is 321. The number of nitrogens with zero attached hydrogens (tertiary/aromatic N) is 2. The quantitative estimate of drug-likeness (QED) is 0.757. The Morgan fingerprint density at radius 2 is 1.91 bits per heavy atom. The second-order valence-electron chi connectivity index (χ2n) is 7.54. The van der Waals surface area contributed by atoms with Crippen LogP contribution < -0.4 is 5.32 Å². The van der Waals surface area contributed by atoms with E-state index in [4.69, 9.17) is 0 Å². The second-order valence-corrected chi connectivity index (χ2v) is 7.54. The van der Waals surface area contributed by atoms with Crippen molar-refractivity contribution < 1.29 is 9.90 Å². The summed E-state index contributed by atoms with van der Waals surface area (Å²) < 4.78 is 0. The van der Waals surface area contributed by atoms with E-state index in [1.54, 1.807) is 0 Å². The SMILES string of the molecule is CCC1(CO)CCN(C(=O)NC(CC(C)C)CN(C)C)CC1. The molecular weight excluding hydrogens is 278 g/mol. The molecule has 1 aliphatic heterocycles. The maximum Gasteiger partial charge on any atom is 0.317 e. The van der Waals surface area contributed by atoms with Gasteiger partial charge in [-0.05, 0) is 51.1 Å². The zero-order valence-corrected chi connectivity index (χ0v) is 15.1. The lowest BCUT2D eigenvalue weighted by Crippen LogP contribution is -2.52. The third-order valence-electron chi connectivity index (χ3n) is 4.87. The van der Waals surface area contributed by atoms with Crippen LogP contribution >= 0.6 is 0 Å². The number of piperidine rings is 1. The molecule has 1 heterocycles. The van der Waals surface area contributed by atoms with E-state index in [-0.39, 0.29) is 24.1 Å². The third kappa shape index (κ3) is 5.76. The minimum Gasteiger partial charge on any atom is -0.396 e. The van der Waals surface area contributed by atoms with Crippen LogP contribution in [0.3, 0.4) is 0 Å². The first-order valence-corrected chi connectivity index (χ1v) is 8.63. The fourth-order valence-electron chi connectivity index (χ4n) is 3.26. The van der Waals surface area contributed by atoms with Gasteiger partial charge in [0.25, 0.3) is 0 Å². The summed E-state index contributed by atoms with van der Waals surface area (Å²) in [7, 11) is 4.08. The first-order chi connectivity index (χ1) is 10.3. The molecule has 0 aromatic carbocycles. The molecule has 1 fully saturated rings. The summed E-state index contributed by atoms with van der Waals surface area (Å²) in [6.45, 7) is 9.09. The van der Waals surface area contributed by atoms with Crippen LogP contribution in [-0.2, 0) is 0 Å². The molecule has 1 unspecified atom stereocenters. The fourth-order valence-corrected chi connectivity index (χ4v) is 3.26. The first kappa shape index (κ1) is 19.2. The molecule has 1 saturated heterocycles. The predicted molar refractivity (Wildman–Crippen MR) is 90.9 cm³/mol. The molecule has 0 radical (unpaired) electrons. The van der Waals surface area contributed by atoms with E-state index in [2.05, 4.69) is 31.0 Å². The van der Waals surface area contributed by atoms with Crippen LogP contribution in [0.4, 0.5) is 4.79 Å². The van der Waals surface area contributed by atoms with Crippen molar-refractivity contribution in [3.8, 4) is 0 Å². The Hall–Kier alpha value is -0.810. The number of carbonyl (C=O) groups is 1. The molecule has 5 nitrogen and oxygen atoms in total. The maximum atomic E-state index is 12.5. The molecule has 1 atom stereocenters. The van der Waals surface area contributed by atoms with Crippen LogP contribution in [0.5, 0.6) is 0 Å². The Morgan fingerprint density at radius 1 is 1.32 bits per heavy atom. The van der Waals surface area contributed by atoms with Gasteiger partial charge < -0.3 is 20.2 Å². The molecular formula is C17H35N3O2.